The van der Waals surface area contributed by atoms with Crippen LogP contribution in [-0.2, 0) is 10.0 Å². The highest BCUT2D eigenvalue weighted by atomic mass is 32.2. The molecule has 0 radical (unpaired) electrons. The largest absolute Gasteiger partial charge is 0.467 e. The summed E-state index contributed by atoms with van der Waals surface area (Å²) >= 11 is 1.54. The van der Waals surface area contributed by atoms with Crippen molar-refractivity contribution >= 4 is 37.5 Å². The third-order valence-electron chi connectivity index (χ3n) is 6.58. The highest BCUT2D eigenvalue weighted by molar-refractivity contribution is 7.89. The van der Waals surface area contributed by atoms with E-state index in [1.807, 2.05) is 29.2 Å². The van der Waals surface area contributed by atoms with Gasteiger partial charge in [0.1, 0.15) is 6.10 Å². The molecule has 0 atom stereocenters. The summed E-state index contributed by atoms with van der Waals surface area (Å²) in [5, 5.41) is 0.673. The topological polar surface area (TPSA) is 79.8 Å². The summed E-state index contributed by atoms with van der Waals surface area (Å²) in [5.41, 5.74) is 1.46. The Morgan fingerprint density at radius 1 is 0.912 bits per heavy atom. The molecule has 9 heteroatoms. The van der Waals surface area contributed by atoms with Crippen molar-refractivity contribution in [3.05, 3.63) is 54.1 Å². The number of fused-ring (bicyclic) bond motifs is 1. The van der Waals surface area contributed by atoms with Crippen LogP contribution in [-0.4, -0.2) is 60.8 Å². The molecule has 0 bridgehead atoms. The summed E-state index contributed by atoms with van der Waals surface area (Å²) in [5.74, 6) is -0.0721. The van der Waals surface area contributed by atoms with Gasteiger partial charge in [0.05, 0.1) is 15.1 Å². The highest BCUT2D eigenvalue weighted by Crippen LogP contribution is 2.30. The van der Waals surface area contributed by atoms with Gasteiger partial charge in [0, 0.05) is 44.6 Å². The van der Waals surface area contributed by atoms with Crippen LogP contribution in [0.5, 0.6) is 5.19 Å². The summed E-state index contributed by atoms with van der Waals surface area (Å²) in [6.45, 7) is 2.33. The number of thiazole rings is 1. The van der Waals surface area contributed by atoms with Gasteiger partial charge in [0.2, 0.25) is 10.0 Å². The zero-order valence-corrected chi connectivity index (χ0v) is 20.7. The zero-order valence-electron chi connectivity index (χ0n) is 19.1. The molecule has 0 unspecified atom stereocenters. The number of nitrogens with zero attached hydrogens (tertiary/aromatic N) is 3. The number of piperidine rings is 1. The number of likely N-dealkylation sites (tertiary alicyclic amines) is 1. The van der Waals surface area contributed by atoms with Crippen molar-refractivity contribution in [1.82, 2.24) is 14.2 Å². The molecular weight excluding hydrogens is 470 g/mol. The maximum absolute atomic E-state index is 13.0. The summed E-state index contributed by atoms with van der Waals surface area (Å²) in [4.78, 5) is 19.6. The van der Waals surface area contributed by atoms with Crippen molar-refractivity contribution in [1.29, 1.82) is 0 Å². The van der Waals surface area contributed by atoms with Crippen LogP contribution in [0.4, 0.5) is 0 Å². The fraction of sp³-hybridized carbons (Fsp3) is 0.440. The van der Waals surface area contributed by atoms with E-state index in [0.717, 1.165) is 48.7 Å². The number of ether oxygens (including phenoxy) is 1. The van der Waals surface area contributed by atoms with E-state index < -0.39 is 10.0 Å². The third-order valence-corrected chi connectivity index (χ3v) is 9.42. The maximum Gasteiger partial charge on any atom is 0.274 e. The molecule has 2 aromatic carbocycles. The second-order valence-corrected chi connectivity index (χ2v) is 11.8. The number of hydrogen-bond acceptors (Lipinski definition) is 6. The van der Waals surface area contributed by atoms with E-state index in [4.69, 9.17) is 4.74 Å². The second-order valence-electron chi connectivity index (χ2n) is 8.90. The Hall–Kier alpha value is -2.49. The molecule has 2 aliphatic rings. The number of aromatic nitrogens is 1. The number of para-hydroxylation sites is 1. The molecule has 34 heavy (non-hydrogen) atoms. The zero-order chi connectivity index (χ0) is 23.5. The molecule has 1 aromatic heterocycles. The van der Waals surface area contributed by atoms with Crippen molar-refractivity contribution in [3.63, 3.8) is 0 Å². The SMILES string of the molecule is O=C(c1ccc(S(=O)(=O)N2CCCCCC2)cc1)N1CCC(Oc2nc3ccccc3s2)CC1. The molecule has 0 saturated carbocycles. The summed E-state index contributed by atoms with van der Waals surface area (Å²) in [7, 11) is -3.51. The quantitative estimate of drug-likeness (QED) is 0.515. The van der Waals surface area contributed by atoms with E-state index in [0.29, 0.717) is 36.9 Å². The van der Waals surface area contributed by atoms with Crippen LogP contribution in [0.25, 0.3) is 10.2 Å². The predicted octanol–water partition coefficient (Wildman–Crippen LogP) is 4.54. The smallest absolute Gasteiger partial charge is 0.274 e. The number of carbonyl (C=O) groups excluding carboxylic acids is 1. The van der Waals surface area contributed by atoms with E-state index in [9.17, 15) is 13.2 Å². The standard InChI is InChI=1S/C25H29N3O4S2/c29-24(19-9-11-21(12-10-19)34(30,31)28-15-5-1-2-6-16-28)27-17-13-20(14-18-27)32-25-26-22-7-3-4-8-23(22)33-25/h3-4,7-12,20H,1-2,5-6,13-18H2. The Balaban J connectivity index is 1.18. The van der Waals surface area contributed by atoms with Gasteiger partial charge < -0.3 is 9.64 Å². The Bertz CT molecular complexity index is 1210. The maximum atomic E-state index is 13.0. The molecule has 2 saturated heterocycles. The minimum atomic E-state index is -3.51. The van der Waals surface area contributed by atoms with Gasteiger partial charge in [-0.2, -0.15) is 4.31 Å². The van der Waals surface area contributed by atoms with Crippen molar-refractivity contribution in [2.45, 2.75) is 49.5 Å². The number of carbonyl (C=O) groups is 1. The molecule has 5 rings (SSSR count). The van der Waals surface area contributed by atoms with Crippen LogP contribution in [0.15, 0.2) is 53.4 Å². The fourth-order valence-corrected chi connectivity index (χ4v) is 7.00. The van der Waals surface area contributed by atoms with Gasteiger partial charge in [0.15, 0.2) is 0 Å². The molecule has 3 heterocycles. The van der Waals surface area contributed by atoms with E-state index in [1.54, 1.807) is 39.9 Å². The van der Waals surface area contributed by atoms with Gasteiger partial charge in [0.25, 0.3) is 11.1 Å². The molecule has 0 spiro atoms. The molecule has 3 aromatic rings. The van der Waals surface area contributed by atoms with Crippen LogP contribution in [0.1, 0.15) is 48.9 Å². The minimum Gasteiger partial charge on any atom is -0.467 e. The van der Waals surface area contributed by atoms with Gasteiger partial charge in [-0.1, -0.05) is 36.3 Å². The van der Waals surface area contributed by atoms with Crippen molar-refractivity contribution in [2.75, 3.05) is 26.2 Å². The minimum absolute atomic E-state index is 0.0331. The number of rotatable bonds is 5. The molecule has 180 valence electrons. The van der Waals surface area contributed by atoms with E-state index >= 15 is 0 Å². The van der Waals surface area contributed by atoms with Gasteiger partial charge >= 0.3 is 0 Å². The van der Waals surface area contributed by atoms with Crippen LogP contribution < -0.4 is 4.74 Å². The summed E-state index contributed by atoms with van der Waals surface area (Å²) in [6.07, 6.45) is 5.45. The first kappa shape index (κ1) is 23.3. The molecule has 0 aliphatic carbocycles. The van der Waals surface area contributed by atoms with Gasteiger partial charge in [-0.05, 0) is 49.2 Å². The summed E-state index contributed by atoms with van der Waals surface area (Å²) < 4.78 is 34.7. The molecule has 7 nitrogen and oxygen atoms in total. The third kappa shape index (κ3) is 4.96. The van der Waals surface area contributed by atoms with Crippen molar-refractivity contribution in [3.8, 4) is 5.19 Å². The van der Waals surface area contributed by atoms with Crippen molar-refractivity contribution < 1.29 is 17.9 Å². The second kappa shape index (κ2) is 10.0. The van der Waals surface area contributed by atoms with Crippen LogP contribution in [0.2, 0.25) is 0 Å². The Morgan fingerprint density at radius 2 is 1.59 bits per heavy atom. The van der Waals surface area contributed by atoms with Crippen LogP contribution >= 0.6 is 11.3 Å². The predicted molar refractivity (Wildman–Crippen MR) is 133 cm³/mol. The van der Waals surface area contributed by atoms with E-state index in [1.165, 1.54) is 0 Å². The normalized spacial score (nSPS) is 18.6. The Morgan fingerprint density at radius 3 is 2.26 bits per heavy atom. The van der Waals surface area contributed by atoms with Gasteiger partial charge in [-0.3, -0.25) is 4.79 Å². The van der Waals surface area contributed by atoms with Crippen LogP contribution in [0, 0.1) is 0 Å². The van der Waals surface area contributed by atoms with Gasteiger partial charge in [-0.25, -0.2) is 13.4 Å². The van der Waals surface area contributed by atoms with Crippen LogP contribution in [0.3, 0.4) is 0 Å². The fourth-order valence-electron chi connectivity index (χ4n) is 4.60. The first-order valence-electron chi connectivity index (χ1n) is 11.9. The highest BCUT2D eigenvalue weighted by Gasteiger charge is 2.28. The first-order valence-corrected chi connectivity index (χ1v) is 14.2. The lowest BCUT2D eigenvalue weighted by molar-refractivity contribution is 0.0595. The molecule has 2 fully saturated rings. The number of amides is 1. The lowest BCUT2D eigenvalue weighted by Crippen LogP contribution is -2.41. The molecule has 2 aliphatic heterocycles. The number of sulfonamides is 1. The average Bonchev–Trinajstić information content (AvgIpc) is 3.06. The summed E-state index contributed by atoms with van der Waals surface area (Å²) in [6, 6.07) is 14.4. The lowest BCUT2D eigenvalue weighted by atomic mass is 10.1. The first-order chi connectivity index (χ1) is 16.5. The number of benzene rings is 2. The van der Waals surface area contributed by atoms with E-state index in [2.05, 4.69) is 4.98 Å². The monoisotopic (exact) mass is 499 g/mol. The van der Waals surface area contributed by atoms with Gasteiger partial charge in [-0.15, -0.1) is 0 Å². The Kier molecular flexibility index (Phi) is 6.85. The lowest BCUT2D eigenvalue weighted by Gasteiger charge is -2.31. The van der Waals surface area contributed by atoms with Crippen molar-refractivity contribution in [2.24, 2.45) is 0 Å². The number of hydrogen-bond donors (Lipinski definition) is 0. The van der Waals surface area contributed by atoms with E-state index in [-0.39, 0.29) is 16.9 Å². The average molecular weight is 500 g/mol. The Labute approximate surface area is 204 Å². The molecule has 1 amide bonds. The molecule has 0 N–H and O–H groups in total. The molecular formula is C25H29N3O4S2.